The summed E-state index contributed by atoms with van der Waals surface area (Å²) in [7, 11) is 0. The van der Waals surface area contributed by atoms with Crippen molar-refractivity contribution in [3.8, 4) is 11.4 Å². The maximum atomic E-state index is 14.1. The minimum atomic E-state index is -0.578. The number of aromatic amines is 1. The number of piperazine rings is 1. The highest BCUT2D eigenvalue weighted by Gasteiger charge is 2.52. The summed E-state index contributed by atoms with van der Waals surface area (Å²) in [6, 6.07) is 23.7. The average molecular weight is 501 g/mol. The Morgan fingerprint density at radius 2 is 1.35 bits per heavy atom. The monoisotopic (exact) mass is 500 g/mol. The van der Waals surface area contributed by atoms with E-state index in [1.165, 1.54) is 24.3 Å². The van der Waals surface area contributed by atoms with Crippen LogP contribution in [0.2, 0.25) is 0 Å². The van der Waals surface area contributed by atoms with Gasteiger partial charge in [0, 0.05) is 43.4 Å². The van der Waals surface area contributed by atoms with E-state index in [9.17, 15) is 8.78 Å². The Morgan fingerprint density at radius 1 is 0.811 bits per heavy atom. The van der Waals surface area contributed by atoms with Gasteiger partial charge in [-0.15, -0.1) is 0 Å². The highest BCUT2D eigenvalue weighted by molar-refractivity contribution is 5.57. The van der Waals surface area contributed by atoms with E-state index in [4.69, 9.17) is 4.98 Å². The number of halogens is 2. The van der Waals surface area contributed by atoms with Crippen molar-refractivity contribution in [1.29, 1.82) is 0 Å². The number of hydrogen-bond acceptors (Lipinski definition) is 3. The number of H-pyrrole nitrogens is 1. The lowest BCUT2D eigenvalue weighted by atomic mass is 9.65. The highest BCUT2D eigenvalue weighted by atomic mass is 19.1. The van der Waals surface area contributed by atoms with E-state index in [1.807, 2.05) is 42.5 Å². The first-order valence-electron chi connectivity index (χ1n) is 13.0. The van der Waals surface area contributed by atoms with Crippen LogP contribution in [0.4, 0.5) is 8.78 Å². The number of benzene rings is 3. The fraction of sp³-hybridized carbons (Fsp3) is 0.323. The lowest BCUT2D eigenvalue weighted by Gasteiger charge is -2.53. The molecule has 4 nitrogen and oxygen atoms in total. The van der Waals surface area contributed by atoms with Gasteiger partial charge in [-0.1, -0.05) is 68.4 Å². The first-order chi connectivity index (χ1) is 17.9. The van der Waals surface area contributed by atoms with Gasteiger partial charge in [0.15, 0.2) is 0 Å². The molecular formula is C31H34F2N4. The van der Waals surface area contributed by atoms with E-state index < -0.39 is 5.54 Å². The minimum absolute atomic E-state index is 0.122. The summed E-state index contributed by atoms with van der Waals surface area (Å²) in [5.74, 6) is 0.182. The fourth-order valence-electron chi connectivity index (χ4n) is 6.07. The molecular weight excluding hydrogens is 466 g/mol. The summed E-state index contributed by atoms with van der Waals surface area (Å²) < 4.78 is 28.2. The van der Waals surface area contributed by atoms with Gasteiger partial charge in [0.1, 0.15) is 17.5 Å². The molecule has 1 aliphatic rings. The molecule has 0 aliphatic carbocycles. The van der Waals surface area contributed by atoms with Crippen molar-refractivity contribution in [3.63, 3.8) is 0 Å². The molecule has 1 atom stereocenters. The van der Waals surface area contributed by atoms with Gasteiger partial charge < -0.3 is 10.3 Å². The molecule has 1 unspecified atom stereocenters. The van der Waals surface area contributed by atoms with Crippen molar-refractivity contribution < 1.29 is 8.78 Å². The van der Waals surface area contributed by atoms with Crippen molar-refractivity contribution in [1.82, 2.24) is 20.2 Å². The van der Waals surface area contributed by atoms with Crippen LogP contribution in [0.3, 0.4) is 0 Å². The van der Waals surface area contributed by atoms with Crippen LogP contribution in [0.25, 0.3) is 11.4 Å². The zero-order chi connectivity index (χ0) is 26.0. The van der Waals surface area contributed by atoms with E-state index in [0.717, 1.165) is 60.1 Å². The first kappa shape index (κ1) is 25.3. The van der Waals surface area contributed by atoms with Crippen molar-refractivity contribution >= 4 is 0 Å². The predicted octanol–water partition coefficient (Wildman–Crippen LogP) is 6.25. The SMILES string of the molecule is Cc1[nH]c(-c2ccccc2)nc1C(C(C)C)(C(c1ccc(F)cc1)c1ccc(F)cc1)N1CCNCC1. The van der Waals surface area contributed by atoms with E-state index in [2.05, 4.69) is 48.1 Å². The molecule has 0 spiro atoms. The van der Waals surface area contributed by atoms with Gasteiger partial charge >= 0.3 is 0 Å². The standard InChI is InChI=1S/C31H34F2N4/c1-21(2)31(37-19-17-34-18-20-37,29-22(3)35-30(36-29)25-7-5-4-6-8-25)28(23-9-13-26(32)14-10-23)24-11-15-27(33)16-12-24/h4-16,21,28,34H,17-20H2,1-3H3,(H,35,36). The van der Waals surface area contributed by atoms with Crippen molar-refractivity contribution in [2.45, 2.75) is 32.2 Å². The molecule has 0 saturated carbocycles. The second kappa shape index (κ2) is 10.6. The molecule has 1 aromatic heterocycles. The van der Waals surface area contributed by atoms with Crippen LogP contribution in [-0.4, -0.2) is 41.0 Å². The topological polar surface area (TPSA) is 44.0 Å². The molecule has 0 bridgehead atoms. The summed E-state index contributed by atoms with van der Waals surface area (Å²) in [6.45, 7) is 9.96. The summed E-state index contributed by atoms with van der Waals surface area (Å²) in [5.41, 5.74) is 4.37. The molecule has 0 radical (unpaired) electrons. The summed E-state index contributed by atoms with van der Waals surface area (Å²) in [4.78, 5) is 11.4. The Hall–Kier alpha value is -3.35. The number of hydrogen-bond donors (Lipinski definition) is 2. The smallest absolute Gasteiger partial charge is 0.137 e. The third-order valence-corrected chi connectivity index (χ3v) is 7.68. The van der Waals surface area contributed by atoms with Crippen LogP contribution in [0, 0.1) is 24.5 Å². The summed E-state index contributed by atoms with van der Waals surface area (Å²) in [6.07, 6.45) is 0. The number of imidazole rings is 1. The van der Waals surface area contributed by atoms with E-state index in [-0.39, 0.29) is 23.5 Å². The zero-order valence-electron chi connectivity index (χ0n) is 21.6. The highest BCUT2D eigenvalue weighted by Crippen LogP contribution is 2.51. The Labute approximate surface area is 217 Å². The van der Waals surface area contributed by atoms with Crippen molar-refractivity contribution in [3.05, 3.63) is 113 Å². The number of rotatable bonds is 7. The van der Waals surface area contributed by atoms with Crippen LogP contribution in [-0.2, 0) is 5.54 Å². The maximum absolute atomic E-state index is 14.1. The fourth-order valence-corrected chi connectivity index (χ4v) is 6.07. The molecule has 192 valence electrons. The van der Waals surface area contributed by atoms with Gasteiger partial charge in [0.25, 0.3) is 0 Å². The molecule has 1 aliphatic heterocycles. The van der Waals surface area contributed by atoms with Gasteiger partial charge in [0.05, 0.1) is 11.2 Å². The van der Waals surface area contributed by atoms with Crippen molar-refractivity contribution in [2.24, 2.45) is 5.92 Å². The van der Waals surface area contributed by atoms with Crippen LogP contribution < -0.4 is 5.32 Å². The minimum Gasteiger partial charge on any atom is -0.342 e. The molecule has 1 saturated heterocycles. The lowest BCUT2D eigenvalue weighted by molar-refractivity contribution is 0.0108. The van der Waals surface area contributed by atoms with E-state index in [0.29, 0.717) is 0 Å². The largest absolute Gasteiger partial charge is 0.342 e. The van der Waals surface area contributed by atoms with Crippen LogP contribution in [0.1, 0.15) is 42.3 Å². The third-order valence-electron chi connectivity index (χ3n) is 7.68. The number of nitrogens with zero attached hydrogens (tertiary/aromatic N) is 2. The molecule has 1 fully saturated rings. The van der Waals surface area contributed by atoms with Crippen LogP contribution in [0.15, 0.2) is 78.9 Å². The first-order valence-corrected chi connectivity index (χ1v) is 13.0. The second-order valence-electron chi connectivity index (χ2n) is 10.2. The van der Waals surface area contributed by atoms with E-state index >= 15 is 0 Å². The molecule has 3 aromatic carbocycles. The van der Waals surface area contributed by atoms with Crippen LogP contribution >= 0.6 is 0 Å². The Kier molecular flexibility index (Phi) is 7.22. The molecule has 0 amide bonds. The van der Waals surface area contributed by atoms with E-state index in [1.54, 1.807) is 0 Å². The van der Waals surface area contributed by atoms with Gasteiger partial charge in [-0.05, 0) is 48.2 Å². The average Bonchev–Trinajstić information content (AvgIpc) is 3.31. The van der Waals surface area contributed by atoms with Gasteiger partial charge in [-0.25, -0.2) is 13.8 Å². The molecule has 2 N–H and O–H groups in total. The van der Waals surface area contributed by atoms with Gasteiger partial charge in [-0.3, -0.25) is 4.90 Å². The van der Waals surface area contributed by atoms with Crippen LogP contribution in [0.5, 0.6) is 0 Å². The second-order valence-corrected chi connectivity index (χ2v) is 10.2. The maximum Gasteiger partial charge on any atom is 0.137 e. The number of aromatic nitrogens is 2. The van der Waals surface area contributed by atoms with Crippen molar-refractivity contribution in [2.75, 3.05) is 26.2 Å². The normalized spacial score (nSPS) is 16.3. The predicted molar refractivity (Wildman–Crippen MR) is 144 cm³/mol. The summed E-state index contributed by atoms with van der Waals surface area (Å²) in [5, 5.41) is 3.49. The van der Waals surface area contributed by atoms with Gasteiger partial charge in [0.2, 0.25) is 0 Å². The summed E-state index contributed by atoms with van der Waals surface area (Å²) >= 11 is 0. The molecule has 5 rings (SSSR count). The molecule has 2 heterocycles. The third kappa shape index (κ3) is 4.72. The molecule has 6 heteroatoms. The lowest BCUT2D eigenvalue weighted by Crippen LogP contribution is -2.60. The Morgan fingerprint density at radius 3 is 1.86 bits per heavy atom. The Balaban J connectivity index is 1.80. The molecule has 37 heavy (non-hydrogen) atoms. The zero-order valence-corrected chi connectivity index (χ0v) is 21.6. The molecule has 4 aromatic rings. The Bertz CT molecular complexity index is 1260. The quantitative estimate of drug-likeness (QED) is 0.315. The van der Waals surface area contributed by atoms with Gasteiger partial charge in [-0.2, -0.15) is 0 Å². The number of nitrogens with one attached hydrogen (secondary N) is 2. The number of aryl methyl sites for hydroxylation is 1.